The Morgan fingerprint density at radius 1 is 0.673 bits per heavy atom. The fourth-order valence-electron chi connectivity index (χ4n) is 10.4. The third-order valence-electron chi connectivity index (χ3n) is 13.0. The molecular weight excluding hydrogens is 671 g/mol. The van der Waals surface area contributed by atoms with Crippen LogP contribution in [-0.2, 0) is 11.8 Å². The Kier molecular flexibility index (Phi) is 6.18. The predicted molar refractivity (Wildman–Crippen MR) is 225 cm³/mol. The molecule has 0 radical (unpaired) electrons. The molecule has 0 saturated carbocycles. The first-order valence-electron chi connectivity index (χ1n) is 19.7. The average molecular weight is 712 g/mol. The largest absolute Gasteiger partial charge is 0.456 e. The van der Waals surface area contributed by atoms with Crippen molar-refractivity contribution < 1.29 is 13.6 Å². The van der Waals surface area contributed by atoms with Gasteiger partial charge in [-0.05, 0) is 84.0 Å². The van der Waals surface area contributed by atoms with Crippen LogP contribution < -0.4 is 9.13 Å². The van der Waals surface area contributed by atoms with E-state index in [4.69, 9.17) is 11.0 Å². The highest BCUT2D eigenvalue weighted by Crippen LogP contribution is 2.47. The molecule has 4 heteroatoms. The first-order chi connectivity index (χ1) is 26.8. The lowest BCUT2D eigenvalue weighted by atomic mass is 9.77. The summed E-state index contributed by atoms with van der Waals surface area (Å²) in [5.41, 5.74) is 16.1. The van der Waals surface area contributed by atoms with Gasteiger partial charge in [0.15, 0.2) is 24.1 Å². The molecule has 0 spiro atoms. The summed E-state index contributed by atoms with van der Waals surface area (Å²) in [4.78, 5) is 0. The van der Waals surface area contributed by atoms with E-state index in [0.29, 0.717) is 5.92 Å². The number of hydrogen-bond donors (Lipinski definition) is 0. The third-order valence-corrected chi connectivity index (χ3v) is 13.0. The van der Waals surface area contributed by atoms with Crippen LogP contribution in [-0.4, -0.2) is 4.40 Å². The molecule has 0 saturated heterocycles. The van der Waals surface area contributed by atoms with E-state index in [1.165, 1.54) is 82.7 Å². The van der Waals surface area contributed by atoms with Crippen molar-refractivity contribution in [3.63, 3.8) is 0 Å². The molecule has 55 heavy (non-hydrogen) atoms. The third kappa shape index (κ3) is 4.23. The van der Waals surface area contributed by atoms with Gasteiger partial charge in [0, 0.05) is 62.7 Å². The summed E-state index contributed by atoms with van der Waals surface area (Å²) in [5.74, 6) is 0.332. The maximum atomic E-state index is 6.47. The average Bonchev–Trinajstić information content (AvgIpc) is 3.86. The zero-order chi connectivity index (χ0) is 36.7. The molecule has 4 nitrogen and oxygen atoms in total. The van der Waals surface area contributed by atoms with Crippen LogP contribution in [0.5, 0.6) is 0 Å². The number of allylic oxidation sites excluding steroid dienone is 1. The second-order valence-electron chi connectivity index (χ2n) is 17.0. The number of aryl methyl sites for hydroxylation is 1. The smallest absolute Gasteiger partial charge is 0.218 e. The Morgan fingerprint density at radius 2 is 1.45 bits per heavy atom. The number of furan rings is 1. The van der Waals surface area contributed by atoms with Crippen LogP contribution in [0.25, 0.3) is 88.2 Å². The SMILES string of the molecule is C=C1CC2C(CCc3cc4c(cc3-c3cc(C(C)(C)C)cc[n+]31)c1cccc3c5ccc6oc7ccccc7c6c5n4c13)c1ccccc1-c1cccc[n+]12. The van der Waals surface area contributed by atoms with Crippen molar-refractivity contribution in [1.29, 1.82) is 0 Å². The van der Waals surface area contributed by atoms with Gasteiger partial charge >= 0.3 is 0 Å². The fraction of sp³-hybridized carbons (Fsp3) is 0.176. The topological polar surface area (TPSA) is 25.3 Å². The summed E-state index contributed by atoms with van der Waals surface area (Å²) >= 11 is 0. The molecule has 12 rings (SSSR count). The highest BCUT2D eigenvalue weighted by molar-refractivity contribution is 6.30. The quantitative estimate of drug-likeness (QED) is 0.144. The molecule has 5 aromatic carbocycles. The van der Waals surface area contributed by atoms with E-state index in [1.807, 2.05) is 0 Å². The van der Waals surface area contributed by atoms with Gasteiger partial charge in [-0.25, -0.2) is 0 Å². The minimum absolute atomic E-state index is 0.00230. The fourth-order valence-corrected chi connectivity index (χ4v) is 10.4. The van der Waals surface area contributed by atoms with Crippen molar-refractivity contribution in [1.82, 2.24) is 4.40 Å². The number of benzene rings is 5. The van der Waals surface area contributed by atoms with Crippen LogP contribution in [0.2, 0.25) is 0 Å². The van der Waals surface area contributed by atoms with Crippen molar-refractivity contribution >= 4 is 65.7 Å². The summed E-state index contributed by atoms with van der Waals surface area (Å²) in [6.07, 6.45) is 7.43. The second kappa shape index (κ2) is 10.9. The van der Waals surface area contributed by atoms with E-state index in [-0.39, 0.29) is 11.5 Å². The number of hydrogen-bond acceptors (Lipinski definition) is 1. The standard InChI is InChI=1S/C51H41N3O/c1-30-26-43-35(33-12-5-6-13-34(33)42-17-9-10-24-53(42)43)20-19-31-27-45-41(29-40(31)44-28-32(51(2,3)4)23-25-52(30)44)37-16-11-15-36-38-21-22-47-48(50(38)54(45)49(36)37)39-14-7-8-18-46(39)55-47/h5-18,21-25,27-29,35,43H,1,19-20,26H2,2-4H3/q+2. The van der Waals surface area contributed by atoms with Crippen LogP contribution in [0.1, 0.15) is 62.3 Å². The monoisotopic (exact) mass is 711 g/mol. The van der Waals surface area contributed by atoms with Crippen LogP contribution in [0.4, 0.5) is 0 Å². The molecule has 7 heterocycles. The number of nitrogens with zero attached hydrogens (tertiary/aromatic N) is 3. The van der Waals surface area contributed by atoms with Gasteiger partial charge < -0.3 is 8.82 Å². The Balaban J connectivity index is 1.18. The highest BCUT2D eigenvalue weighted by Gasteiger charge is 2.42. The summed E-state index contributed by atoms with van der Waals surface area (Å²) in [5, 5.41) is 7.48. The van der Waals surface area contributed by atoms with Crippen LogP contribution in [0, 0.1) is 0 Å². The molecule has 0 N–H and O–H groups in total. The molecule has 10 aromatic rings. The Labute approximate surface area is 319 Å². The van der Waals surface area contributed by atoms with Crippen LogP contribution >= 0.6 is 0 Å². The molecule has 2 aliphatic heterocycles. The second-order valence-corrected chi connectivity index (χ2v) is 17.0. The van der Waals surface area contributed by atoms with Gasteiger partial charge in [-0.3, -0.25) is 0 Å². The minimum Gasteiger partial charge on any atom is -0.456 e. The van der Waals surface area contributed by atoms with Gasteiger partial charge in [-0.1, -0.05) is 75.4 Å². The van der Waals surface area contributed by atoms with Crippen molar-refractivity contribution in [3.8, 4) is 22.5 Å². The first kappa shape index (κ1) is 31.1. The zero-order valence-corrected chi connectivity index (χ0v) is 31.4. The number of aromatic nitrogens is 3. The summed E-state index contributed by atoms with van der Waals surface area (Å²) in [7, 11) is 0. The molecule has 0 fully saturated rings. The maximum Gasteiger partial charge on any atom is 0.218 e. The van der Waals surface area contributed by atoms with Gasteiger partial charge in [0.25, 0.3) is 0 Å². The van der Waals surface area contributed by atoms with Crippen molar-refractivity contribution in [3.05, 3.63) is 157 Å². The van der Waals surface area contributed by atoms with Gasteiger partial charge in [0.1, 0.15) is 11.2 Å². The molecule has 0 amide bonds. The maximum absolute atomic E-state index is 6.47. The molecule has 5 aromatic heterocycles. The highest BCUT2D eigenvalue weighted by atomic mass is 16.3. The van der Waals surface area contributed by atoms with E-state index >= 15 is 0 Å². The molecule has 2 atom stereocenters. The molecule has 0 bridgehead atoms. The Hall–Kier alpha value is -6.26. The summed E-state index contributed by atoms with van der Waals surface area (Å²) in [6.45, 7) is 11.8. The normalized spacial score (nSPS) is 17.2. The van der Waals surface area contributed by atoms with Gasteiger partial charge in [-0.15, -0.1) is 0 Å². The van der Waals surface area contributed by atoms with Crippen molar-refractivity contribution in [2.24, 2.45) is 0 Å². The van der Waals surface area contributed by atoms with E-state index < -0.39 is 0 Å². The molecule has 2 unspecified atom stereocenters. The molecule has 264 valence electrons. The van der Waals surface area contributed by atoms with Gasteiger partial charge in [-0.2, -0.15) is 9.13 Å². The van der Waals surface area contributed by atoms with Crippen molar-refractivity contribution in [2.45, 2.75) is 57.4 Å². The van der Waals surface area contributed by atoms with E-state index in [2.05, 4.69) is 168 Å². The van der Waals surface area contributed by atoms with E-state index in [0.717, 1.165) is 41.5 Å². The summed E-state index contributed by atoms with van der Waals surface area (Å²) in [6, 6.07) is 45.5. The first-order valence-corrected chi connectivity index (χ1v) is 19.7. The Bertz CT molecular complexity index is 3260. The van der Waals surface area contributed by atoms with E-state index in [1.54, 1.807) is 0 Å². The van der Waals surface area contributed by atoms with Gasteiger partial charge in [0.05, 0.1) is 33.9 Å². The predicted octanol–water partition coefficient (Wildman–Crippen LogP) is 12.1. The summed E-state index contributed by atoms with van der Waals surface area (Å²) < 4.78 is 14.0. The lowest BCUT2D eigenvalue weighted by Gasteiger charge is -2.31. The molecule has 2 aliphatic rings. The Morgan fingerprint density at radius 3 is 2.35 bits per heavy atom. The number of pyridine rings is 2. The number of fused-ring (bicyclic) bond motifs is 19. The lowest BCUT2D eigenvalue weighted by molar-refractivity contribution is -0.720. The van der Waals surface area contributed by atoms with Crippen LogP contribution in [0.3, 0.4) is 0 Å². The van der Waals surface area contributed by atoms with Crippen LogP contribution in [0.15, 0.2) is 145 Å². The minimum atomic E-state index is -0.00230. The number of rotatable bonds is 0. The molecule has 0 aliphatic carbocycles. The van der Waals surface area contributed by atoms with Gasteiger partial charge in [0.2, 0.25) is 11.4 Å². The molecular formula is C51H41N3O+2. The lowest BCUT2D eigenvalue weighted by Crippen LogP contribution is -2.49. The number of para-hydroxylation sites is 2. The zero-order valence-electron chi connectivity index (χ0n) is 31.4. The van der Waals surface area contributed by atoms with Crippen molar-refractivity contribution in [2.75, 3.05) is 0 Å². The van der Waals surface area contributed by atoms with E-state index in [9.17, 15) is 0 Å².